The van der Waals surface area contributed by atoms with Crippen molar-refractivity contribution in [3.8, 4) is 0 Å². The van der Waals surface area contributed by atoms with Gasteiger partial charge in [0.15, 0.2) is 0 Å². The Balaban J connectivity index is 2.14. The van der Waals surface area contributed by atoms with Gasteiger partial charge in [-0.05, 0) is 62.8 Å². The fourth-order valence-corrected chi connectivity index (χ4v) is 3.06. The first-order valence-corrected chi connectivity index (χ1v) is 5.96. The maximum atomic E-state index is 6.16. The molecule has 2 unspecified atom stereocenters. The van der Waals surface area contributed by atoms with Crippen LogP contribution in [0, 0.1) is 0 Å². The molecule has 80 valence electrons. The van der Waals surface area contributed by atoms with Gasteiger partial charge in [0.1, 0.15) is 11.2 Å². The molecule has 2 heterocycles. The Labute approximate surface area is 91.5 Å². The molecule has 0 spiro atoms. The van der Waals surface area contributed by atoms with Crippen molar-refractivity contribution < 1.29 is 4.74 Å². The van der Waals surface area contributed by atoms with E-state index in [4.69, 9.17) is 4.74 Å². The van der Waals surface area contributed by atoms with Gasteiger partial charge in [-0.2, -0.15) is 0 Å². The average molecular weight is 202 g/mol. The van der Waals surface area contributed by atoms with E-state index >= 15 is 0 Å². The molecule has 0 radical (unpaired) electrons. The minimum atomic E-state index is -0.141. The second-order valence-corrected chi connectivity index (χ2v) is 5.17. The highest BCUT2D eigenvalue weighted by molar-refractivity contribution is 5.58. The topological polar surface area (TPSA) is 9.23 Å². The van der Waals surface area contributed by atoms with Gasteiger partial charge in [0.25, 0.3) is 0 Å². The van der Waals surface area contributed by atoms with Crippen molar-refractivity contribution in [1.29, 1.82) is 0 Å². The molecular weight excluding hydrogens is 184 g/mol. The average Bonchev–Trinajstić information content (AvgIpc) is 2.51. The molecular formula is C14H18O. The van der Waals surface area contributed by atoms with E-state index in [1.807, 2.05) is 0 Å². The summed E-state index contributed by atoms with van der Waals surface area (Å²) in [6, 6.07) is 0. The van der Waals surface area contributed by atoms with E-state index in [0.29, 0.717) is 0 Å². The third-order valence-corrected chi connectivity index (χ3v) is 3.86. The number of hydrogen-bond donors (Lipinski definition) is 0. The van der Waals surface area contributed by atoms with Gasteiger partial charge < -0.3 is 4.74 Å². The van der Waals surface area contributed by atoms with E-state index in [1.54, 1.807) is 0 Å². The van der Waals surface area contributed by atoms with Crippen molar-refractivity contribution in [2.24, 2.45) is 0 Å². The Hall–Kier alpha value is -0.820. The number of rotatable bonds is 0. The molecule has 3 aliphatic rings. The molecule has 0 amide bonds. The zero-order chi connectivity index (χ0) is 10.5. The zero-order valence-electron chi connectivity index (χ0n) is 9.55. The van der Waals surface area contributed by atoms with Crippen LogP contribution in [-0.2, 0) is 4.74 Å². The Morgan fingerprint density at radius 2 is 1.40 bits per heavy atom. The summed E-state index contributed by atoms with van der Waals surface area (Å²) in [5.74, 6) is 0. The van der Waals surface area contributed by atoms with Crippen LogP contribution in [0.15, 0.2) is 35.5 Å². The first-order valence-electron chi connectivity index (χ1n) is 5.96. The van der Waals surface area contributed by atoms with E-state index in [2.05, 4.69) is 38.2 Å². The Morgan fingerprint density at radius 3 is 1.87 bits per heavy atom. The lowest BCUT2D eigenvalue weighted by molar-refractivity contribution is 0.00832. The summed E-state index contributed by atoms with van der Waals surface area (Å²) >= 11 is 0. The predicted molar refractivity (Wildman–Crippen MR) is 61.7 cm³/mol. The summed E-state index contributed by atoms with van der Waals surface area (Å²) in [7, 11) is 0. The molecule has 0 aromatic carbocycles. The van der Waals surface area contributed by atoms with Gasteiger partial charge in [0.2, 0.25) is 0 Å². The molecule has 1 fully saturated rings. The first-order chi connectivity index (χ1) is 7.14. The highest BCUT2D eigenvalue weighted by Gasteiger charge is 2.52. The summed E-state index contributed by atoms with van der Waals surface area (Å²) in [5.41, 5.74) is 2.56. The van der Waals surface area contributed by atoms with Crippen LogP contribution in [0.4, 0.5) is 0 Å². The van der Waals surface area contributed by atoms with Crippen LogP contribution < -0.4 is 0 Å². The third-order valence-electron chi connectivity index (χ3n) is 3.86. The minimum Gasteiger partial charge on any atom is -0.351 e. The lowest BCUT2D eigenvalue weighted by atomic mass is 9.79. The largest absolute Gasteiger partial charge is 0.351 e. The molecule has 0 N–H and O–H groups in total. The maximum Gasteiger partial charge on any atom is 0.110 e. The first kappa shape index (κ1) is 9.41. The second kappa shape index (κ2) is 2.85. The van der Waals surface area contributed by atoms with Gasteiger partial charge in [-0.1, -0.05) is 12.2 Å². The normalized spacial score (nSPS) is 50.0. The van der Waals surface area contributed by atoms with Crippen LogP contribution in [0.2, 0.25) is 0 Å². The van der Waals surface area contributed by atoms with Crippen molar-refractivity contribution in [3.05, 3.63) is 35.5 Å². The van der Waals surface area contributed by atoms with E-state index in [1.165, 1.54) is 36.8 Å². The Bertz CT molecular complexity index is 352. The fourth-order valence-electron chi connectivity index (χ4n) is 3.06. The SMILES string of the molecule is CC12C=CC(C)(O1)C1=C/CCCC/C=C\12. The number of ether oxygens (including phenoxy) is 1. The van der Waals surface area contributed by atoms with Crippen LogP contribution in [0.25, 0.3) is 0 Å². The molecule has 0 aromatic heterocycles. The maximum absolute atomic E-state index is 6.16. The molecule has 1 heteroatoms. The second-order valence-electron chi connectivity index (χ2n) is 5.17. The van der Waals surface area contributed by atoms with Crippen molar-refractivity contribution >= 4 is 0 Å². The predicted octanol–water partition coefficient (Wildman–Crippen LogP) is 3.53. The van der Waals surface area contributed by atoms with Gasteiger partial charge in [0.05, 0.1) is 0 Å². The monoisotopic (exact) mass is 202 g/mol. The summed E-state index contributed by atoms with van der Waals surface area (Å²) in [5, 5.41) is 0. The summed E-state index contributed by atoms with van der Waals surface area (Å²) in [4.78, 5) is 0. The Kier molecular flexibility index (Phi) is 1.79. The van der Waals surface area contributed by atoms with Crippen molar-refractivity contribution in [2.45, 2.75) is 50.7 Å². The van der Waals surface area contributed by atoms with Crippen LogP contribution in [-0.4, -0.2) is 11.2 Å². The molecule has 2 atom stereocenters. The molecule has 3 rings (SSSR count). The highest BCUT2D eigenvalue weighted by atomic mass is 16.5. The minimum absolute atomic E-state index is 0.141. The summed E-state index contributed by atoms with van der Waals surface area (Å²) in [6.45, 7) is 4.37. The zero-order valence-corrected chi connectivity index (χ0v) is 9.55. The van der Waals surface area contributed by atoms with Crippen LogP contribution in [0.3, 0.4) is 0 Å². The fraction of sp³-hybridized carbons (Fsp3) is 0.571. The van der Waals surface area contributed by atoms with Crippen molar-refractivity contribution in [3.63, 3.8) is 0 Å². The summed E-state index contributed by atoms with van der Waals surface area (Å²) < 4.78 is 6.16. The molecule has 2 aliphatic heterocycles. The van der Waals surface area contributed by atoms with Crippen molar-refractivity contribution in [1.82, 2.24) is 0 Å². The lowest BCUT2D eigenvalue weighted by Gasteiger charge is -2.21. The third kappa shape index (κ3) is 1.19. The number of fused-ring (bicyclic) bond motifs is 5. The van der Waals surface area contributed by atoms with E-state index in [0.717, 1.165) is 0 Å². The van der Waals surface area contributed by atoms with Crippen LogP contribution in [0.1, 0.15) is 39.5 Å². The van der Waals surface area contributed by atoms with Gasteiger partial charge >= 0.3 is 0 Å². The van der Waals surface area contributed by atoms with Gasteiger partial charge in [-0.25, -0.2) is 0 Å². The van der Waals surface area contributed by atoms with Crippen LogP contribution in [0.5, 0.6) is 0 Å². The lowest BCUT2D eigenvalue weighted by Crippen LogP contribution is -2.21. The molecule has 0 aromatic rings. The molecule has 1 saturated heterocycles. The molecule has 15 heavy (non-hydrogen) atoms. The van der Waals surface area contributed by atoms with Crippen molar-refractivity contribution in [2.75, 3.05) is 0 Å². The van der Waals surface area contributed by atoms with Gasteiger partial charge in [-0.15, -0.1) is 0 Å². The number of allylic oxidation sites excluding steroid dienone is 2. The standard InChI is InChI=1S/C14H18O/c1-13-9-10-14(2,15-13)12-8-6-4-3-5-7-11(12)13/h7-10H,3-6H2,1-2H3/b11-7+,12-8+. The van der Waals surface area contributed by atoms with Gasteiger partial charge in [-0.3, -0.25) is 0 Å². The summed E-state index contributed by atoms with van der Waals surface area (Å²) in [6.07, 6.45) is 14.2. The van der Waals surface area contributed by atoms with E-state index < -0.39 is 0 Å². The van der Waals surface area contributed by atoms with E-state index in [-0.39, 0.29) is 11.2 Å². The molecule has 1 aliphatic carbocycles. The number of hydrogen-bond acceptors (Lipinski definition) is 1. The molecule has 0 saturated carbocycles. The molecule has 2 bridgehead atoms. The van der Waals surface area contributed by atoms with Gasteiger partial charge in [0, 0.05) is 0 Å². The van der Waals surface area contributed by atoms with E-state index in [9.17, 15) is 0 Å². The Morgan fingerprint density at radius 1 is 0.933 bits per heavy atom. The smallest absolute Gasteiger partial charge is 0.110 e. The quantitative estimate of drug-likeness (QED) is 0.546. The molecule has 1 nitrogen and oxygen atoms in total. The highest BCUT2D eigenvalue weighted by Crippen LogP contribution is 2.53. The van der Waals surface area contributed by atoms with Crippen LogP contribution >= 0.6 is 0 Å².